The van der Waals surface area contributed by atoms with Gasteiger partial charge in [-0.3, -0.25) is 9.59 Å². The number of aromatic nitrogens is 6. The van der Waals surface area contributed by atoms with Gasteiger partial charge in [-0.1, -0.05) is 24.3 Å². The third-order valence-electron chi connectivity index (χ3n) is 13.2. The highest BCUT2D eigenvalue weighted by atomic mass is 16.5. The van der Waals surface area contributed by atoms with E-state index >= 15 is 0 Å². The van der Waals surface area contributed by atoms with Crippen LogP contribution in [0, 0.1) is 11.8 Å². The zero-order valence-corrected chi connectivity index (χ0v) is 36.1. The molecule has 2 aromatic carbocycles. The molecule has 18 nitrogen and oxygen atoms in total. The van der Waals surface area contributed by atoms with Gasteiger partial charge in [-0.2, -0.15) is 0 Å². The second kappa shape index (κ2) is 19.1. The number of carbonyl (C=O) groups excluding carboxylic acids is 4. The highest BCUT2D eigenvalue weighted by Crippen LogP contribution is 2.36. The van der Waals surface area contributed by atoms with Crippen LogP contribution in [0.15, 0.2) is 60.9 Å². The summed E-state index contributed by atoms with van der Waals surface area (Å²) in [7, 11) is 2.60. The zero-order valence-electron chi connectivity index (χ0n) is 36.1. The number of likely N-dealkylation sites (tertiary alicyclic amines) is 2. The van der Waals surface area contributed by atoms with Crippen LogP contribution in [0.3, 0.4) is 0 Å². The molecule has 4 fully saturated rings. The number of nitrogens with zero attached hydrogens (tertiary/aromatic N) is 6. The molecule has 7 heterocycles. The number of hydrogen-bond donors (Lipinski definition) is 4. The van der Waals surface area contributed by atoms with Crippen molar-refractivity contribution in [2.45, 2.75) is 75.5 Å². The molecule has 9 rings (SSSR count). The summed E-state index contributed by atoms with van der Waals surface area (Å²) in [5, 5.41) is 16.8. The van der Waals surface area contributed by atoms with Gasteiger partial charge in [0.2, 0.25) is 11.8 Å². The summed E-state index contributed by atoms with van der Waals surface area (Å²) >= 11 is 0. The Morgan fingerprint density at radius 3 is 1.61 bits per heavy atom. The van der Waals surface area contributed by atoms with E-state index in [9.17, 15) is 19.2 Å². The minimum atomic E-state index is -0.707. The van der Waals surface area contributed by atoms with Crippen molar-refractivity contribution in [2.75, 3.05) is 53.7 Å². The molecule has 0 spiro atoms. The molecular formula is C46H54N10O8. The van der Waals surface area contributed by atoms with Crippen LogP contribution in [-0.4, -0.2) is 130 Å². The van der Waals surface area contributed by atoms with Gasteiger partial charge in [0.05, 0.1) is 55.8 Å². The number of H-pyrrole nitrogens is 2. The topological polar surface area (TPSA) is 219 Å². The fourth-order valence-electron chi connectivity index (χ4n) is 9.71. The maximum Gasteiger partial charge on any atom is 0.407 e. The molecule has 18 heteroatoms. The standard InChI is InChI=1S/C46H54N10O8/c1-61-45(59)51-39(27-13-19-63-20-14-27)43(57)55-17-3-5-37(55)41-47-25-35(49-41)32-10-8-29-23-31(9-7-30(29)24-32)33-11-12-34(54-53-33)36-26-48-42(50-36)38-6-4-18-56(38)44(58)40(52-46(60)62-2)28-15-21-64-22-16-28/h7-12,23-28,37-40H,3-6,13-22H2,1-2H3,(H,47,49)(H,48,50)(H,51,59)(H,52,60)/t37-,38-,39-,40-/m0/s1. The first kappa shape index (κ1) is 42.9. The zero-order chi connectivity index (χ0) is 44.2. The van der Waals surface area contributed by atoms with Gasteiger partial charge in [0.15, 0.2) is 0 Å². The van der Waals surface area contributed by atoms with Gasteiger partial charge in [-0.25, -0.2) is 19.6 Å². The Balaban J connectivity index is 0.862. The average Bonchev–Trinajstić information content (AvgIpc) is 4.20. The number of methoxy groups -OCH3 is 2. The van der Waals surface area contributed by atoms with Crippen molar-refractivity contribution in [1.82, 2.24) is 50.6 Å². The highest BCUT2D eigenvalue weighted by molar-refractivity contribution is 5.90. The summed E-state index contributed by atoms with van der Waals surface area (Å²) in [6, 6.07) is 14.3. The van der Waals surface area contributed by atoms with Gasteiger partial charge in [-0.15, -0.1) is 10.2 Å². The monoisotopic (exact) mass is 874 g/mol. The molecule has 0 aliphatic carbocycles. The van der Waals surface area contributed by atoms with Crippen molar-refractivity contribution < 1.29 is 38.1 Å². The van der Waals surface area contributed by atoms with E-state index in [0.717, 1.165) is 53.3 Å². The van der Waals surface area contributed by atoms with Crippen molar-refractivity contribution in [3.05, 3.63) is 72.6 Å². The van der Waals surface area contributed by atoms with E-state index < -0.39 is 24.3 Å². The number of hydrogen-bond acceptors (Lipinski definition) is 12. The summed E-state index contributed by atoms with van der Waals surface area (Å²) in [4.78, 5) is 72.5. The molecule has 0 radical (unpaired) electrons. The number of amides is 4. The number of rotatable bonds is 11. The molecule has 64 heavy (non-hydrogen) atoms. The Labute approximate surface area is 370 Å². The van der Waals surface area contributed by atoms with Crippen molar-refractivity contribution in [1.29, 1.82) is 0 Å². The molecule has 336 valence electrons. The molecule has 4 aliphatic rings. The number of alkyl carbamates (subject to hydrolysis) is 2. The summed E-state index contributed by atoms with van der Waals surface area (Å²) in [6.45, 7) is 3.34. The molecule has 3 aromatic heterocycles. The Hall–Kier alpha value is -6.40. The number of carbonyl (C=O) groups is 4. The number of ether oxygens (including phenoxy) is 4. The second-order valence-electron chi connectivity index (χ2n) is 17.0. The molecule has 0 unspecified atom stereocenters. The van der Waals surface area contributed by atoms with Crippen LogP contribution in [0.1, 0.15) is 75.1 Å². The van der Waals surface area contributed by atoms with Crippen molar-refractivity contribution in [2.24, 2.45) is 11.8 Å². The summed E-state index contributed by atoms with van der Waals surface area (Å²) in [5.41, 5.74) is 4.76. The predicted octanol–water partition coefficient (Wildman–Crippen LogP) is 5.71. The van der Waals surface area contributed by atoms with Crippen molar-refractivity contribution >= 4 is 34.8 Å². The summed E-state index contributed by atoms with van der Waals surface area (Å²) in [5.74, 6) is 1.03. The summed E-state index contributed by atoms with van der Waals surface area (Å²) in [6.07, 6.45) is 8.17. The minimum Gasteiger partial charge on any atom is -0.453 e. The van der Waals surface area contributed by atoms with Crippen LogP contribution < -0.4 is 10.6 Å². The lowest BCUT2D eigenvalue weighted by atomic mass is 9.90. The van der Waals surface area contributed by atoms with E-state index in [1.165, 1.54) is 14.2 Å². The van der Waals surface area contributed by atoms with Gasteiger partial charge >= 0.3 is 12.2 Å². The Morgan fingerprint density at radius 2 is 1.09 bits per heavy atom. The van der Waals surface area contributed by atoms with Crippen LogP contribution in [0.25, 0.3) is 44.7 Å². The molecule has 4 amide bonds. The minimum absolute atomic E-state index is 0.0365. The van der Waals surface area contributed by atoms with Gasteiger partial charge in [0.25, 0.3) is 0 Å². The Kier molecular flexibility index (Phi) is 12.8. The quantitative estimate of drug-likeness (QED) is 0.126. The van der Waals surface area contributed by atoms with Crippen LogP contribution in [0.4, 0.5) is 9.59 Å². The van der Waals surface area contributed by atoms with Gasteiger partial charge in [0.1, 0.15) is 29.4 Å². The number of nitrogens with one attached hydrogen (secondary N) is 4. The highest BCUT2D eigenvalue weighted by Gasteiger charge is 2.42. The average molecular weight is 875 g/mol. The summed E-state index contributed by atoms with van der Waals surface area (Å²) < 4.78 is 20.8. The SMILES string of the molecule is COC(=O)N[C@H](C(=O)N1CCC[C@H]1c1ncc(-c2ccc3cc(-c4ccc(-c5cnc([C@@H]6CCCN6C(=O)[C@@H](NC(=O)OC)C6CCOCC6)[nH]5)nn4)ccc3c2)[nH]1)C1CCOCC1. The number of imidazole rings is 2. The van der Waals surface area contributed by atoms with Crippen LogP contribution in [-0.2, 0) is 28.5 Å². The van der Waals surface area contributed by atoms with E-state index in [2.05, 4.69) is 60.0 Å². The number of fused-ring (bicyclic) bond motifs is 1. The first-order valence-electron chi connectivity index (χ1n) is 22.2. The van der Waals surface area contributed by atoms with Crippen LogP contribution in [0.2, 0.25) is 0 Å². The third-order valence-corrected chi connectivity index (χ3v) is 13.2. The van der Waals surface area contributed by atoms with E-state index in [4.69, 9.17) is 23.9 Å². The first-order valence-corrected chi connectivity index (χ1v) is 22.2. The van der Waals surface area contributed by atoms with Gasteiger partial charge < -0.3 is 49.3 Å². The first-order chi connectivity index (χ1) is 31.3. The largest absolute Gasteiger partial charge is 0.453 e. The lowest BCUT2D eigenvalue weighted by Gasteiger charge is -2.34. The van der Waals surface area contributed by atoms with Crippen LogP contribution in [0.5, 0.6) is 0 Å². The smallest absolute Gasteiger partial charge is 0.407 e. The Bertz CT molecular complexity index is 2460. The molecule has 4 atom stereocenters. The normalized spacial score (nSPS) is 20.5. The molecule has 4 saturated heterocycles. The molecular weight excluding hydrogens is 821 g/mol. The van der Waals surface area contributed by atoms with Crippen molar-refractivity contribution in [3.63, 3.8) is 0 Å². The second-order valence-corrected chi connectivity index (χ2v) is 17.0. The maximum absolute atomic E-state index is 14.0. The lowest BCUT2D eigenvalue weighted by Crippen LogP contribution is -2.53. The van der Waals surface area contributed by atoms with E-state index in [0.29, 0.717) is 93.9 Å². The number of aromatic amines is 2. The van der Waals surface area contributed by atoms with Gasteiger partial charge in [-0.05, 0) is 98.2 Å². The third kappa shape index (κ3) is 9.01. The molecule has 0 bridgehead atoms. The lowest BCUT2D eigenvalue weighted by molar-refractivity contribution is -0.137. The van der Waals surface area contributed by atoms with Crippen LogP contribution >= 0.6 is 0 Å². The van der Waals surface area contributed by atoms with E-state index in [1.807, 2.05) is 40.3 Å². The van der Waals surface area contributed by atoms with E-state index in [1.54, 1.807) is 6.20 Å². The Morgan fingerprint density at radius 1 is 0.625 bits per heavy atom. The fourth-order valence-corrected chi connectivity index (χ4v) is 9.71. The molecule has 4 N–H and O–H groups in total. The molecule has 0 saturated carbocycles. The van der Waals surface area contributed by atoms with Crippen molar-refractivity contribution in [3.8, 4) is 33.9 Å². The fraction of sp³-hybridized carbons (Fsp3) is 0.478. The maximum atomic E-state index is 14.0. The molecule has 4 aliphatic heterocycles. The van der Waals surface area contributed by atoms with E-state index in [-0.39, 0.29) is 35.7 Å². The molecule has 5 aromatic rings. The number of benzene rings is 2. The van der Waals surface area contributed by atoms with Gasteiger partial charge in [0, 0.05) is 50.6 Å². The predicted molar refractivity (Wildman–Crippen MR) is 233 cm³/mol.